The first-order valence-electron chi connectivity index (χ1n) is 7.96. The molecule has 5 heteroatoms. The Morgan fingerprint density at radius 1 is 1.18 bits per heavy atom. The van der Waals surface area contributed by atoms with Gasteiger partial charge in [-0.1, -0.05) is 0 Å². The summed E-state index contributed by atoms with van der Waals surface area (Å²) in [4.78, 5) is 2.48. The van der Waals surface area contributed by atoms with E-state index in [0.29, 0.717) is 17.7 Å². The Balaban J connectivity index is 1.92. The molecule has 0 saturated carbocycles. The molecule has 2 heterocycles. The van der Waals surface area contributed by atoms with Crippen LogP contribution in [0.3, 0.4) is 0 Å². The number of rotatable bonds is 5. The van der Waals surface area contributed by atoms with E-state index in [1.807, 2.05) is 0 Å². The minimum Gasteiger partial charge on any atom is -0.493 e. The van der Waals surface area contributed by atoms with E-state index in [2.05, 4.69) is 23.3 Å². The van der Waals surface area contributed by atoms with Crippen molar-refractivity contribution in [3.05, 3.63) is 11.6 Å². The fourth-order valence-corrected chi connectivity index (χ4v) is 3.83. The average Bonchev–Trinajstić information content (AvgIpc) is 3.12. The van der Waals surface area contributed by atoms with Crippen LogP contribution in [-0.4, -0.2) is 52.4 Å². The van der Waals surface area contributed by atoms with E-state index in [9.17, 15) is 0 Å². The van der Waals surface area contributed by atoms with Crippen LogP contribution < -0.4 is 19.5 Å². The predicted octanol–water partition coefficient (Wildman–Crippen LogP) is 2.71. The third kappa shape index (κ3) is 2.47. The van der Waals surface area contributed by atoms with Crippen molar-refractivity contribution in [2.24, 2.45) is 0 Å². The lowest BCUT2D eigenvalue weighted by Crippen LogP contribution is -2.27. The van der Waals surface area contributed by atoms with Gasteiger partial charge in [0.15, 0.2) is 11.5 Å². The van der Waals surface area contributed by atoms with Gasteiger partial charge >= 0.3 is 0 Å². The molecule has 2 aliphatic heterocycles. The Kier molecular flexibility index (Phi) is 4.34. The third-order valence-electron chi connectivity index (χ3n) is 5.05. The smallest absolute Gasteiger partial charge is 0.205 e. The van der Waals surface area contributed by atoms with Crippen LogP contribution in [0.15, 0.2) is 6.07 Å². The van der Waals surface area contributed by atoms with Gasteiger partial charge in [0.05, 0.1) is 27.0 Å². The molecule has 2 atom stereocenters. The molecule has 0 bridgehead atoms. The average molecular weight is 306 g/mol. The number of anilines is 1. The zero-order chi connectivity index (χ0) is 15.7. The summed E-state index contributed by atoms with van der Waals surface area (Å²) >= 11 is 0. The minimum atomic E-state index is 0.495. The first kappa shape index (κ1) is 15.3. The first-order valence-corrected chi connectivity index (χ1v) is 7.96. The molecule has 0 radical (unpaired) electrons. The van der Waals surface area contributed by atoms with Gasteiger partial charge in [0.1, 0.15) is 0 Å². The molecule has 2 aliphatic rings. The van der Waals surface area contributed by atoms with Crippen LogP contribution in [0.4, 0.5) is 5.69 Å². The molecule has 122 valence electrons. The second-order valence-corrected chi connectivity index (χ2v) is 6.20. The molecule has 1 unspecified atom stereocenters. The summed E-state index contributed by atoms with van der Waals surface area (Å²) < 4.78 is 16.6. The van der Waals surface area contributed by atoms with Crippen LogP contribution in [0.5, 0.6) is 17.2 Å². The summed E-state index contributed by atoms with van der Waals surface area (Å²) in [5.41, 5.74) is 2.35. The maximum Gasteiger partial charge on any atom is 0.205 e. The topological polar surface area (TPSA) is 43.0 Å². The van der Waals surface area contributed by atoms with Crippen molar-refractivity contribution < 1.29 is 14.2 Å². The van der Waals surface area contributed by atoms with Crippen molar-refractivity contribution in [1.82, 2.24) is 4.90 Å². The van der Waals surface area contributed by atoms with E-state index in [1.54, 1.807) is 21.3 Å². The third-order valence-corrected chi connectivity index (χ3v) is 5.05. The van der Waals surface area contributed by atoms with Crippen LogP contribution in [0.1, 0.15) is 30.7 Å². The van der Waals surface area contributed by atoms with Crippen molar-refractivity contribution in [2.45, 2.75) is 31.2 Å². The minimum absolute atomic E-state index is 0.495. The van der Waals surface area contributed by atoms with Crippen LogP contribution in [0.2, 0.25) is 0 Å². The summed E-state index contributed by atoms with van der Waals surface area (Å²) in [5, 5.41) is 3.51. The van der Waals surface area contributed by atoms with Gasteiger partial charge in [0.2, 0.25) is 5.75 Å². The quantitative estimate of drug-likeness (QED) is 0.906. The molecule has 3 rings (SSSR count). The van der Waals surface area contributed by atoms with Crippen molar-refractivity contribution in [3.63, 3.8) is 0 Å². The summed E-state index contributed by atoms with van der Waals surface area (Å²) in [6.45, 7) is 2.17. The maximum absolute atomic E-state index is 5.58. The number of nitrogens with zero attached hydrogens (tertiary/aromatic N) is 1. The number of fused-ring (bicyclic) bond motifs is 1. The van der Waals surface area contributed by atoms with Gasteiger partial charge in [0.25, 0.3) is 0 Å². The van der Waals surface area contributed by atoms with Crippen molar-refractivity contribution in [3.8, 4) is 17.2 Å². The molecule has 1 aromatic carbocycles. The highest BCUT2D eigenvalue weighted by Gasteiger charge is 2.33. The Hall–Kier alpha value is -1.62. The fraction of sp³-hybridized carbons (Fsp3) is 0.647. The van der Waals surface area contributed by atoms with E-state index in [0.717, 1.165) is 23.7 Å². The number of nitrogens with one attached hydrogen (secondary N) is 1. The molecule has 0 aliphatic carbocycles. The highest BCUT2D eigenvalue weighted by molar-refractivity contribution is 5.75. The second-order valence-electron chi connectivity index (χ2n) is 6.20. The van der Waals surface area contributed by atoms with Gasteiger partial charge in [0, 0.05) is 18.5 Å². The Morgan fingerprint density at radius 3 is 2.55 bits per heavy atom. The highest BCUT2D eigenvalue weighted by Crippen LogP contribution is 2.50. The van der Waals surface area contributed by atoms with Crippen LogP contribution in [0.25, 0.3) is 0 Å². The number of likely N-dealkylation sites (tertiary alicyclic amines) is 1. The number of ether oxygens (including phenoxy) is 3. The van der Waals surface area contributed by atoms with E-state index >= 15 is 0 Å². The molecule has 22 heavy (non-hydrogen) atoms. The normalized spacial score (nSPS) is 24.0. The molecule has 1 fully saturated rings. The second kappa shape index (κ2) is 6.24. The van der Waals surface area contributed by atoms with Gasteiger partial charge < -0.3 is 24.4 Å². The maximum atomic E-state index is 5.58. The van der Waals surface area contributed by atoms with Gasteiger partial charge in [-0.15, -0.1) is 0 Å². The van der Waals surface area contributed by atoms with Gasteiger partial charge in [-0.25, -0.2) is 0 Å². The molecule has 1 N–H and O–H groups in total. The predicted molar refractivity (Wildman–Crippen MR) is 87.6 cm³/mol. The van der Waals surface area contributed by atoms with Gasteiger partial charge in [-0.05, 0) is 44.5 Å². The molecule has 0 spiro atoms. The number of methoxy groups -OCH3 is 3. The van der Waals surface area contributed by atoms with E-state index in [4.69, 9.17) is 14.2 Å². The zero-order valence-electron chi connectivity index (χ0n) is 13.9. The van der Waals surface area contributed by atoms with Crippen LogP contribution in [-0.2, 0) is 0 Å². The Morgan fingerprint density at radius 2 is 1.95 bits per heavy atom. The van der Waals surface area contributed by atoms with Crippen molar-refractivity contribution in [1.29, 1.82) is 0 Å². The molecular formula is C17H26N2O3. The monoisotopic (exact) mass is 306 g/mol. The van der Waals surface area contributed by atoms with E-state index in [1.165, 1.54) is 31.4 Å². The van der Waals surface area contributed by atoms with Gasteiger partial charge in [-0.3, -0.25) is 0 Å². The first-order chi connectivity index (χ1) is 10.7. The summed E-state index contributed by atoms with van der Waals surface area (Å²) in [6, 6.07) is 2.79. The fourth-order valence-electron chi connectivity index (χ4n) is 3.83. The lowest BCUT2D eigenvalue weighted by molar-refractivity contribution is 0.284. The van der Waals surface area contributed by atoms with Crippen molar-refractivity contribution >= 4 is 5.69 Å². The SMILES string of the molecule is COc1cc2c(c(OC)c1OC)NCC2C[C@H]1CCCN1C. The Bertz CT molecular complexity index is 547. The lowest BCUT2D eigenvalue weighted by atomic mass is 9.92. The van der Waals surface area contributed by atoms with E-state index < -0.39 is 0 Å². The molecular weight excluding hydrogens is 280 g/mol. The summed E-state index contributed by atoms with van der Waals surface area (Å²) in [5.74, 6) is 2.65. The summed E-state index contributed by atoms with van der Waals surface area (Å²) in [6.07, 6.45) is 3.78. The molecule has 0 amide bonds. The van der Waals surface area contributed by atoms with Crippen LogP contribution in [0, 0.1) is 0 Å². The molecule has 1 saturated heterocycles. The number of hydrogen-bond acceptors (Lipinski definition) is 5. The highest BCUT2D eigenvalue weighted by atomic mass is 16.5. The van der Waals surface area contributed by atoms with E-state index in [-0.39, 0.29) is 0 Å². The lowest BCUT2D eigenvalue weighted by Gasteiger charge is -2.23. The largest absolute Gasteiger partial charge is 0.493 e. The standard InChI is InChI=1S/C17H26N2O3/c1-19-7-5-6-12(19)8-11-10-18-15-13(11)9-14(20-2)16(21-3)17(15)22-4/h9,11-12,18H,5-8,10H2,1-4H3/t11?,12-/m1/s1. The Labute approximate surface area is 132 Å². The number of benzene rings is 1. The van der Waals surface area contributed by atoms with Crippen LogP contribution >= 0.6 is 0 Å². The van der Waals surface area contributed by atoms with Gasteiger partial charge in [-0.2, -0.15) is 0 Å². The number of hydrogen-bond donors (Lipinski definition) is 1. The molecule has 0 aromatic heterocycles. The molecule has 1 aromatic rings. The zero-order valence-corrected chi connectivity index (χ0v) is 13.9. The van der Waals surface area contributed by atoms with Crippen molar-refractivity contribution in [2.75, 3.05) is 46.8 Å². The molecule has 5 nitrogen and oxygen atoms in total. The summed E-state index contributed by atoms with van der Waals surface area (Å²) in [7, 11) is 7.23.